The smallest absolute Gasteiger partial charge is 0.205 e. The normalized spacial score (nSPS) is 11.6. The monoisotopic (exact) mass is 321 g/mol. The third-order valence-electron chi connectivity index (χ3n) is 3.08. The van der Waals surface area contributed by atoms with Gasteiger partial charge in [-0.25, -0.2) is 0 Å². The summed E-state index contributed by atoms with van der Waals surface area (Å²) < 4.78 is 0. The van der Waals surface area contributed by atoms with Crippen molar-refractivity contribution in [2.45, 2.75) is 50.2 Å². The minimum absolute atomic E-state index is 0.211. The molecule has 0 saturated carbocycles. The SMILES string of the molecule is CCCNc1nnc(CSc2ccc(C(C)(C)C)cc2)s1. The Kier molecular flexibility index (Phi) is 5.65. The van der Waals surface area contributed by atoms with E-state index in [2.05, 4.69) is 67.5 Å². The largest absolute Gasteiger partial charge is 0.360 e. The lowest BCUT2D eigenvalue weighted by atomic mass is 9.87. The number of hydrogen-bond donors (Lipinski definition) is 1. The molecule has 3 nitrogen and oxygen atoms in total. The molecule has 1 aromatic carbocycles. The van der Waals surface area contributed by atoms with Crippen molar-refractivity contribution < 1.29 is 0 Å². The highest BCUT2D eigenvalue weighted by molar-refractivity contribution is 7.98. The molecule has 0 aliphatic carbocycles. The number of anilines is 1. The zero-order chi connectivity index (χ0) is 15.3. The molecule has 0 aliphatic rings. The molecule has 0 unspecified atom stereocenters. The standard InChI is InChI=1S/C16H23N3S2/c1-5-10-17-15-19-18-14(21-15)11-20-13-8-6-12(7-9-13)16(2,3)4/h6-9H,5,10-11H2,1-4H3,(H,17,19). The van der Waals surface area contributed by atoms with Crippen molar-refractivity contribution in [3.05, 3.63) is 34.8 Å². The summed E-state index contributed by atoms with van der Waals surface area (Å²) in [6, 6.07) is 8.83. The molecule has 5 heteroatoms. The topological polar surface area (TPSA) is 37.8 Å². The van der Waals surface area contributed by atoms with Crippen molar-refractivity contribution in [3.63, 3.8) is 0 Å². The summed E-state index contributed by atoms with van der Waals surface area (Å²) in [4.78, 5) is 1.28. The maximum Gasteiger partial charge on any atom is 0.205 e. The molecule has 114 valence electrons. The molecule has 1 N–H and O–H groups in total. The van der Waals surface area contributed by atoms with E-state index < -0.39 is 0 Å². The second-order valence-electron chi connectivity index (χ2n) is 5.99. The Balaban J connectivity index is 1.89. The lowest BCUT2D eigenvalue weighted by Crippen LogP contribution is -2.10. The summed E-state index contributed by atoms with van der Waals surface area (Å²) in [7, 11) is 0. The summed E-state index contributed by atoms with van der Waals surface area (Å²) in [5, 5.41) is 13.6. The van der Waals surface area contributed by atoms with E-state index in [9.17, 15) is 0 Å². The van der Waals surface area contributed by atoms with Gasteiger partial charge in [0.1, 0.15) is 5.01 Å². The van der Waals surface area contributed by atoms with E-state index in [4.69, 9.17) is 0 Å². The van der Waals surface area contributed by atoms with E-state index in [0.717, 1.165) is 28.9 Å². The van der Waals surface area contributed by atoms with Gasteiger partial charge in [0.15, 0.2) is 0 Å². The number of aromatic nitrogens is 2. The van der Waals surface area contributed by atoms with Gasteiger partial charge in [-0.1, -0.05) is 51.2 Å². The molecule has 0 aliphatic heterocycles. The number of nitrogens with zero attached hydrogens (tertiary/aromatic N) is 2. The Morgan fingerprint density at radius 1 is 1.14 bits per heavy atom. The van der Waals surface area contributed by atoms with Crippen LogP contribution in [0.4, 0.5) is 5.13 Å². The molecular formula is C16H23N3S2. The lowest BCUT2D eigenvalue weighted by molar-refractivity contribution is 0.590. The molecule has 1 heterocycles. The summed E-state index contributed by atoms with van der Waals surface area (Å²) in [6.45, 7) is 9.81. The predicted octanol–water partition coefficient (Wildman–Crippen LogP) is 4.95. The first-order chi connectivity index (χ1) is 9.99. The molecule has 0 spiro atoms. The highest BCUT2D eigenvalue weighted by Gasteiger charge is 2.13. The Morgan fingerprint density at radius 3 is 2.48 bits per heavy atom. The molecule has 0 bridgehead atoms. The van der Waals surface area contributed by atoms with Crippen LogP contribution in [0.3, 0.4) is 0 Å². The van der Waals surface area contributed by atoms with Gasteiger partial charge in [-0.15, -0.1) is 22.0 Å². The zero-order valence-electron chi connectivity index (χ0n) is 13.1. The van der Waals surface area contributed by atoms with Crippen LogP contribution in [0.25, 0.3) is 0 Å². The van der Waals surface area contributed by atoms with Gasteiger partial charge >= 0.3 is 0 Å². The van der Waals surface area contributed by atoms with Gasteiger partial charge in [-0.3, -0.25) is 0 Å². The highest BCUT2D eigenvalue weighted by Crippen LogP contribution is 2.28. The number of thioether (sulfide) groups is 1. The first-order valence-corrected chi connectivity index (χ1v) is 9.09. The molecule has 0 fully saturated rings. The molecular weight excluding hydrogens is 298 g/mol. The van der Waals surface area contributed by atoms with Crippen LogP contribution in [0, 0.1) is 0 Å². The fourth-order valence-corrected chi connectivity index (χ4v) is 3.46. The second-order valence-corrected chi connectivity index (χ2v) is 8.10. The zero-order valence-corrected chi connectivity index (χ0v) is 14.8. The summed E-state index contributed by atoms with van der Waals surface area (Å²) in [6.07, 6.45) is 1.10. The highest BCUT2D eigenvalue weighted by atomic mass is 32.2. The van der Waals surface area contributed by atoms with Crippen LogP contribution < -0.4 is 5.32 Å². The van der Waals surface area contributed by atoms with Crippen molar-refractivity contribution in [1.29, 1.82) is 0 Å². The quantitative estimate of drug-likeness (QED) is 0.764. The van der Waals surface area contributed by atoms with Gasteiger partial charge in [0, 0.05) is 11.4 Å². The van der Waals surface area contributed by atoms with E-state index in [-0.39, 0.29) is 5.41 Å². The van der Waals surface area contributed by atoms with Crippen LogP contribution in [0.15, 0.2) is 29.2 Å². The van der Waals surface area contributed by atoms with Gasteiger partial charge in [0.25, 0.3) is 0 Å². The van der Waals surface area contributed by atoms with Gasteiger partial charge < -0.3 is 5.32 Å². The van der Waals surface area contributed by atoms with Crippen LogP contribution in [-0.2, 0) is 11.2 Å². The summed E-state index contributed by atoms with van der Waals surface area (Å²) >= 11 is 3.46. The second kappa shape index (κ2) is 7.27. The minimum Gasteiger partial charge on any atom is -0.360 e. The molecule has 1 aromatic heterocycles. The molecule has 21 heavy (non-hydrogen) atoms. The Bertz CT molecular complexity index is 556. The van der Waals surface area contributed by atoms with Crippen LogP contribution >= 0.6 is 23.1 Å². The van der Waals surface area contributed by atoms with Gasteiger partial charge in [-0.2, -0.15) is 0 Å². The average Bonchev–Trinajstić information content (AvgIpc) is 2.90. The van der Waals surface area contributed by atoms with Crippen molar-refractivity contribution >= 4 is 28.2 Å². The van der Waals surface area contributed by atoms with Crippen LogP contribution in [-0.4, -0.2) is 16.7 Å². The van der Waals surface area contributed by atoms with Crippen LogP contribution in [0.2, 0.25) is 0 Å². The van der Waals surface area contributed by atoms with Crippen molar-refractivity contribution in [2.75, 3.05) is 11.9 Å². The molecule has 0 saturated heterocycles. The molecule has 2 aromatic rings. The fourth-order valence-electron chi connectivity index (χ4n) is 1.81. The number of nitrogens with one attached hydrogen (secondary N) is 1. The Labute approximate surface area is 135 Å². The molecule has 2 rings (SSSR count). The van der Waals surface area contributed by atoms with Crippen LogP contribution in [0.1, 0.15) is 44.7 Å². The number of benzene rings is 1. The maximum absolute atomic E-state index is 4.23. The lowest BCUT2D eigenvalue weighted by Gasteiger charge is -2.18. The average molecular weight is 322 g/mol. The fraction of sp³-hybridized carbons (Fsp3) is 0.500. The van der Waals surface area contributed by atoms with E-state index in [1.165, 1.54) is 10.5 Å². The maximum atomic E-state index is 4.23. The van der Waals surface area contributed by atoms with Crippen molar-refractivity contribution in [1.82, 2.24) is 10.2 Å². The summed E-state index contributed by atoms with van der Waals surface area (Å²) in [5.74, 6) is 0.875. The molecule has 0 amide bonds. The Hall–Kier alpha value is -1.07. The number of rotatable bonds is 6. The first kappa shape index (κ1) is 16.3. The predicted molar refractivity (Wildman–Crippen MR) is 93.4 cm³/mol. The molecule has 0 atom stereocenters. The minimum atomic E-state index is 0.211. The van der Waals surface area contributed by atoms with E-state index in [0.29, 0.717) is 0 Å². The van der Waals surface area contributed by atoms with E-state index in [1.807, 2.05) is 11.8 Å². The van der Waals surface area contributed by atoms with Gasteiger partial charge in [0.2, 0.25) is 5.13 Å². The van der Waals surface area contributed by atoms with Gasteiger partial charge in [0.05, 0.1) is 5.75 Å². The third-order valence-corrected chi connectivity index (χ3v) is 5.16. The van der Waals surface area contributed by atoms with Crippen molar-refractivity contribution in [2.24, 2.45) is 0 Å². The van der Waals surface area contributed by atoms with Gasteiger partial charge in [-0.05, 0) is 29.5 Å². The Morgan fingerprint density at radius 2 is 1.86 bits per heavy atom. The van der Waals surface area contributed by atoms with Crippen LogP contribution in [0.5, 0.6) is 0 Å². The summed E-state index contributed by atoms with van der Waals surface area (Å²) in [5.41, 5.74) is 1.58. The third kappa shape index (κ3) is 5.00. The van der Waals surface area contributed by atoms with E-state index in [1.54, 1.807) is 11.3 Å². The molecule has 0 radical (unpaired) electrons. The number of hydrogen-bond acceptors (Lipinski definition) is 5. The van der Waals surface area contributed by atoms with Crippen molar-refractivity contribution in [3.8, 4) is 0 Å². The first-order valence-electron chi connectivity index (χ1n) is 7.28. The van der Waals surface area contributed by atoms with E-state index >= 15 is 0 Å².